The van der Waals surface area contributed by atoms with Gasteiger partial charge in [0, 0.05) is 31.2 Å². The standard InChI is InChI=1S/C14H20BrClN2O2/c1-19-6-3-7-20-14-8-10(11(15)9-12(14)16)13-4-2-5-18(13)17/h8-9,13H,2-7,17H2,1H3. The summed E-state index contributed by atoms with van der Waals surface area (Å²) < 4.78 is 11.7. The van der Waals surface area contributed by atoms with Gasteiger partial charge in [-0.25, -0.2) is 5.01 Å². The predicted molar refractivity (Wildman–Crippen MR) is 84.0 cm³/mol. The second-order valence-electron chi connectivity index (χ2n) is 4.89. The van der Waals surface area contributed by atoms with Crippen LogP contribution in [-0.4, -0.2) is 31.9 Å². The van der Waals surface area contributed by atoms with Crippen molar-refractivity contribution in [2.45, 2.75) is 25.3 Å². The summed E-state index contributed by atoms with van der Waals surface area (Å²) in [6.07, 6.45) is 3.00. The van der Waals surface area contributed by atoms with Gasteiger partial charge in [0.05, 0.1) is 17.7 Å². The zero-order chi connectivity index (χ0) is 14.5. The zero-order valence-electron chi connectivity index (χ0n) is 11.6. The second-order valence-corrected chi connectivity index (χ2v) is 6.16. The molecule has 20 heavy (non-hydrogen) atoms. The fourth-order valence-corrected chi connectivity index (χ4v) is 3.38. The van der Waals surface area contributed by atoms with Crippen LogP contribution in [0.1, 0.15) is 30.9 Å². The van der Waals surface area contributed by atoms with Crippen LogP contribution < -0.4 is 10.6 Å². The van der Waals surface area contributed by atoms with E-state index in [1.54, 1.807) is 7.11 Å². The van der Waals surface area contributed by atoms with Crippen LogP contribution in [0, 0.1) is 0 Å². The van der Waals surface area contributed by atoms with E-state index in [0.29, 0.717) is 24.0 Å². The number of ether oxygens (including phenoxy) is 2. The number of hydrogen-bond acceptors (Lipinski definition) is 4. The van der Waals surface area contributed by atoms with Crippen LogP contribution in [0.25, 0.3) is 0 Å². The Morgan fingerprint density at radius 3 is 2.90 bits per heavy atom. The lowest BCUT2D eigenvalue weighted by Crippen LogP contribution is -2.30. The maximum Gasteiger partial charge on any atom is 0.138 e. The summed E-state index contributed by atoms with van der Waals surface area (Å²) in [5.74, 6) is 6.74. The summed E-state index contributed by atoms with van der Waals surface area (Å²) in [4.78, 5) is 0. The van der Waals surface area contributed by atoms with Gasteiger partial charge in [-0.05, 0) is 30.5 Å². The van der Waals surface area contributed by atoms with Crippen molar-refractivity contribution in [1.29, 1.82) is 0 Å². The van der Waals surface area contributed by atoms with Gasteiger partial charge >= 0.3 is 0 Å². The molecule has 2 rings (SSSR count). The molecule has 0 radical (unpaired) electrons. The molecule has 1 heterocycles. The highest BCUT2D eigenvalue weighted by atomic mass is 79.9. The Balaban J connectivity index is 2.12. The first-order valence-corrected chi connectivity index (χ1v) is 7.92. The van der Waals surface area contributed by atoms with Gasteiger partial charge in [-0.1, -0.05) is 27.5 Å². The molecule has 0 spiro atoms. The predicted octanol–water partition coefficient (Wildman–Crippen LogP) is 3.53. The van der Waals surface area contributed by atoms with E-state index in [9.17, 15) is 0 Å². The Morgan fingerprint density at radius 1 is 1.45 bits per heavy atom. The quantitative estimate of drug-likeness (QED) is 0.620. The summed E-state index contributed by atoms with van der Waals surface area (Å²) in [5.41, 5.74) is 1.14. The van der Waals surface area contributed by atoms with Gasteiger partial charge in [0.15, 0.2) is 0 Å². The third kappa shape index (κ3) is 3.86. The number of hydrazine groups is 1. The van der Waals surface area contributed by atoms with Gasteiger partial charge in [0.2, 0.25) is 0 Å². The largest absolute Gasteiger partial charge is 0.492 e. The molecule has 112 valence electrons. The minimum absolute atomic E-state index is 0.225. The summed E-state index contributed by atoms with van der Waals surface area (Å²) >= 11 is 9.80. The third-order valence-corrected chi connectivity index (χ3v) is 4.44. The van der Waals surface area contributed by atoms with Crippen LogP contribution in [0.4, 0.5) is 0 Å². The average Bonchev–Trinajstić information content (AvgIpc) is 2.83. The molecule has 1 aliphatic rings. The van der Waals surface area contributed by atoms with Crippen molar-refractivity contribution in [3.8, 4) is 5.75 Å². The molecule has 1 unspecified atom stereocenters. The van der Waals surface area contributed by atoms with E-state index in [1.165, 1.54) is 0 Å². The minimum atomic E-state index is 0.225. The SMILES string of the molecule is COCCCOc1cc(C2CCCN2N)c(Br)cc1Cl. The monoisotopic (exact) mass is 362 g/mol. The molecule has 0 amide bonds. The number of nitrogens with two attached hydrogens (primary N) is 1. The lowest BCUT2D eigenvalue weighted by atomic mass is 10.0. The van der Waals surface area contributed by atoms with Gasteiger partial charge in [-0.2, -0.15) is 0 Å². The minimum Gasteiger partial charge on any atom is -0.492 e. The Morgan fingerprint density at radius 2 is 2.25 bits per heavy atom. The molecule has 1 saturated heterocycles. The fraction of sp³-hybridized carbons (Fsp3) is 0.571. The first-order valence-electron chi connectivity index (χ1n) is 6.75. The lowest BCUT2D eigenvalue weighted by Gasteiger charge is -2.22. The fourth-order valence-electron chi connectivity index (χ4n) is 2.42. The van der Waals surface area contributed by atoms with Crippen LogP contribution in [0.2, 0.25) is 5.02 Å². The molecule has 1 atom stereocenters. The highest BCUT2D eigenvalue weighted by Gasteiger charge is 2.26. The Labute approximate surface area is 133 Å². The summed E-state index contributed by atoms with van der Waals surface area (Å²) in [7, 11) is 1.68. The first-order chi connectivity index (χ1) is 9.63. The number of benzene rings is 1. The molecule has 0 saturated carbocycles. The first kappa shape index (κ1) is 16.0. The number of halogens is 2. The molecule has 0 aliphatic carbocycles. The molecule has 2 N–H and O–H groups in total. The maximum atomic E-state index is 6.23. The van der Waals surface area contributed by atoms with E-state index in [1.807, 2.05) is 17.1 Å². The third-order valence-electron chi connectivity index (χ3n) is 3.45. The van der Waals surface area contributed by atoms with Crippen molar-refractivity contribution in [3.63, 3.8) is 0 Å². The Hall–Kier alpha value is -0.330. The molecular formula is C14H20BrClN2O2. The van der Waals surface area contributed by atoms with E-state index >= 15 is 0 Å². The highest BCUT2D eigenvalue weighted by molar-refractivity contribution is 9.10. The number of hydrogen-bond donors (Lipinski definition) is 1. The van der Waals surface area contributed by atoms with Crippen molar-refractivity contribution in [2.24, 2.45) is 5.84 Å². The van der Waals surface area contributed by atoms with Crippen molar-refractivity contribution in [1.82, 2.24) is 5.01 Å². The number of rotatable bonds is 6. The van der Waals surface area contributed by atoms with Crippen LogP contribution in [-0.2, 0) is 4.74 Å². The molecule has 1 aliphatic heterocycles. The van der Waals surface area contributed by atoms with Crippen molar-refractivity contribution < 1.29 is 9.47 Å². The van der Waals surface area contributed by atoms with E-state index < -0.39 is 0 Å². The highest BCUT2D eigenvalue weighted by Crippen LogP contribution is 2.39. The molecule has 0 bridgehead atoms. The summed E-state index contributed by atoms with van der Waals surface area (Å²) in [6.45, 7) is 2.19. The van der Waals surface area contributed by atoms with Crippen molar-refractivity contribution in [3.05, 3.63) is 27.2 Å². The molecular weight excluding hydrogens is 344 g/mol. The topological polar surface area (TPSA) is 47.7 Å². The average molecular weight is 364 g/mol. The zero-order valence-corrected chi connectivity index (χ0v) is 13.9. The van der Waals surface area contributed by atoms with Crippen LogP contribution in [0.5, 0.6) is 5.75 Å². The number of methoxy groups -OCH3 is 1. The Kier molecular flexibility index (Phi) is 6.11. The van der Waals surface area contributed by atoms with Crippen LogP contribution in [0.15, 0.2) is 16.6 Å². The summed E-state index contributed by atoms with van der Waals surface area (Å²) in [5, 5.41) is 2.49. The van der Waals surface area contributed by atoms with Crippen LogP contribution >= 0.6 is 27.5 Å². The maximum absolute atomic E-state index is 6.23. The molecule has 1 aromatic rings. The molecule has 4 nitrogen and oxygen atoms in total. The molecule has 0 aromatic heterocycles. The van der Waals surface area contributed by atoms with Crippen molar-refractivity contribution >= 4 is 27.5 Å². The lowest BCUT2D eigenvalue weighted by molar-refractivity contribution is 0.172. The van der Waals surface area contributed by atoms with E-state index in [0.717, 1.165) is 35.8 Å². The molecule has 6 heteroatoms. The summed E-state index contributed by atoms with van der Waals surface area (Å²) in [6, 6.07) is 4.10. The molecule has 1 fully saturated rings. The smallest absolute Gasteiger partial charge is 0.138 e. The van der Waals surface area contributed by atoms with E-state index in [2.05, 4.69) is 15.9 Å². The van der Waals surface area contributed by atoms with Crippen LogP contribution in [0.3, 0.4) is 0 Å². The Bertz CT molecular complexity index is 459. The van der Waals surface area contributed by atoms with Gasteiger partial charge in [-0.15, -0.1) is 0 Å². The van der Waals surface area contributed by atoms with E-state index in [4.69, 9.17) is 26.9 Å². The number of nitrogens with zero attached hydrogens (tertiary/aromatic N) is 1. The normalized spacial score (nSPS) is 19.5. The van der Waals surface area contributed by atoms with Gasteiger partial charge in [0.25, 0.3) is 0 Å². The van der Waals surface area contributed by atoms with E-state index in [-0.39, 0.29) is 6.04 Å². The van der Waals surface area contributed by atoms with Gasteiger partial charge < -0.3 is 9.47 Å². The van der Waals surface area contributed by atoms with Crippen molar-refractivity contribution in [2.75, 3.05) is 26.9 Å². The van der Waals surface area contributed by atoms with Gasteiger partial charge in [-0.3, -0.25) is 5.84 Å². The van der Waals surface area contributed by atoms with Gasteiger partial charge in [0.1, 0.15) is 5.75 Å². The second kappa shape index (κ2) is 7.61. The molecule has 1 aromatic carbocycles.